The quantitative estimate of drug-likeness (QED) is 0.251. The van der Waals surface area contributed by atoms with Gasteiger partial charge in [-0.15, -0.1) is 0 Å². The topological polar surface area (TPSA) is 79.5 Å². The van der Waals surface area contributed by atoms with Crippen molar-refractivity contribution in [2.75, 3.05) is 18.0 Å². The minimum absolute atomic E-state index is 0.0549. The molecule has 0 radical (unpaired) electrons. The van der Waals surface area contributed by atoms with Gasteiger partial charge in [0.1, 0.15) is 17.1 Å². The number of anilines is 1. The van der Waals surface area contributed by atoms with E-state index in [1.165, 1.54) is 12.1 Å². The molecular formula is C33H32F3N3O3. The third kappa shape index (κ3) is 4.82. The number of piperidine rings is 1. The maximum Gasteiger partial charge on any atom is 0.417 e. The molecule has 218 valence electrons. The summed E-state index contributed by atoms with van der Waals surface area (Å²) in [6.45, 7) is 3.78. The Hall–Kier alpha value is -3.88. The molecule has 3 fully saturated rings. The largest absolute Gasteiger partial charge is 0.477 e. The van der Waals surface area contributed by atoms with Crippen molar-refractivity contribution in [2.24, 2.45) is 11.3 Å². The van der Waals surface area contributed by atoms with Gasteiger partial charge in [0.25, 0.3) is 0 Å². The summed E-state index contributed by atoms with van der Waals surface area (Å²) in [5, 5.41) is 14.5. The minimum atomic E-state index is -4.46. The maximum atomic E-state index is 13.8. The number of fused-ring (bicyclic) bond motifs is 1. The molecule has 6 nitrogen and oxygen atoms in total. The lowest BCUT2D eigenvalue weighted by Gasteiger charge is -2.53. The van der Waals surface area contributed by atoms with Gasteiger partial charge in [-0.1, -0.05) is 23.4 Å². The fourth-order valence-corrected chi connectivity index (χ4v) is 7.27. The third-order valence-electron chi connectivity index (χ3n) is 9.60. The summed E-state index contributed by atoms with van der Waals surface area (Å²) >= 11 is 0. The van der Waals surface area contributed by atoms with Gasteiger partial charge in [0.05, 0.1) is 11.1 Å². The van der Waals surface area contributed by atoms with Crippen LogP contribution >= 0.6 is 0 Å². The fourth-order valence-electron chi connectivity index (χ4n) is 7.27. The van der Waals surface area contributed by atoms with Crippen LogP contribution in [-0.4, -0.2) is 34.3 Å². The second kappa shape index (κ2) is 9.85. The number of aromatic carboxylic acids is 1. The van der Waals surface area contributed by atoms with E-state index >= 15 is 0 Å². The van der Waals surface area contributed by atoms with E-state index < -0.39 is 17.7 Å². The minimum Gasteiger partial charge on any atom is -0.477 e. The molecule has 2 aromatic carbocycles. The molecule has 3 aliphatic rings. The Labute approximate surface area is 241 Å². The number of hydrogen-bond acceptors (Lipinski definition) is 5. The Morgan fingerprint density at radius 3 is 2.52 bits per heavy atom. The van der Waals surface area contributed by atoms with Crippen molar-refractivity contribution < 1.29 is 27.6 Å². The Balaban J connectivity index is 1.05. The number of aryl methyl sites for hydroxylation is 1. The SMILES string of the molecule is Cc1cc(C(=O)O)nc2ccc(N3CCC4(CC3)CC(Cc3c(-c5ccccc5C(F)(F)F)noc3C3CC3)C4)cc12. The van der Waals surface area contributed by atoms with Gasteiger partial charge in [-0.3, -0.25) is 0 Å². The molecule has 0 amide bonds. The predicted octanol–water partition coefficient (Wildman–Crippen LogP) is 8.03. The Morgan fingerprint density at radius 1 is 1.10 bits per heavy atom. The molecule has 7 rings (SSSR count). The maximum absolute atomic E-state index is 13.8. The molecule has 9 heteroatoms. The average Bonchev–Trinajstić information content (AvgIpc) is 3.71. The molecule has 2 aromatic heterocycles. The molecule has 0 bridgehead atoms. The van der Waals surface area contributed by atoms with Gasteiger partial charge in [0.15, 0.2) is 0 Å². The molecule has 2 aliphatic carbocycles. The number of halogens is 3. The fraction of sp³-hybridized carbons (Fsp3) is 0.424. The number of rotatable bonds is 6. The Bertz CT molecular complexity index is 1680. The Kier molecular flexibility index (Phi) is 6.33. The molecule has 1 aliphatic heterocycles. The first kappa shape index (κ1) is 27.0. The van der Waals surface area contributed by atoms with E-state index in [4.69, 9.17) is 4.52 Å². The van der Waals surface area contributed by atoms with Gasteiger partial charge in [0, 0.05) is 41.2 Å². The number of benzene rings is 2. The molecule has 0 unspecified atom stereocenters. The second-order valence-corrected chi connectivity index (χ2v) is 12.5. The van der Waals surface area contributed by atoms with E-state index in [0.717, 1.165) is 85.6 Å². The Morgan fingerprint density at radius 2 is 1.83 bits per heavy atom. The molecule has 1 spiro atoms. The van der Waals surface area contributed by atoms with E-state index in [9.17, 15) is 23.1 Å². The van der Waals surface area contributed by atoms with Crippen molar-refractivity contribution >= 4 is 22.6 Å². The number of nitrogens with zero attached hydrogens (tertiary/aromatic N) is 3. The van der Waals surface area contributed by atoms with E-state index in [2.05, 4.69) is 21.1 Å². The van der Waals surface area contributed by atoms with Crippen LogP contribution in [0.3, 0.4) is 0 Å². The first-order valence-electron chi connectivity index (χ1n) is 14.6. The van der Waals surface area contributed by atoms with Crippen LogP contribution in [0.4, 0.5) is 18.9 Å². The molecule has 2 saturated carbocycles. The van der Waals surface area contributed by atoms with Crippen LogP contribution in [0.25, 0.3) is 22.2 Å². The van der Waals surface area contributed by atoms with Gasteiger partial charge in [-0.05, 0) is 99.1 Å². The van der Waals surface area contributed by atoms with E-state index in [1.807, 2.05) is 19.1 Å². The van der Waals surface area contributed by atoms with Crippen molar-refractivity contribution in [1.82, 2.24) is 10.1 Å². The summed E-state index contributed by atoms with van der Waals surface area (Å²) in [4.78, 5) is 18.1. The van der Waals surface area contributed by atoms with E-state index in [1.54, 1.807) is 12.1 Å². The molecular weight excluding hydrogens is 543 g/mol. The van der Waals surface area contributed by atoms with E-state index in [-0.39, 0.29) is 22.6 Å². The lowest BCUT2D eigenvalue weighted by molar-refractivity contribution is -0.137. The second-order valence-electron chi connectivity index (χ2n) is 12.5. The van der Waals surface area contributed by atoms with Crippen molar-refractivity contribution in [3.8, 4) is 11.3 Å². The zero-order valence-corrected chi connectivity index (χ0v) is 23.4. The van der Waals surface area contributed by atoms with Crippen molar-refractivity contribution in [2.45, 2.75) is 64.0 Å². The number of pyridine rings is 1. The van der Waals surface area contributed by atoms with Crippen LogP contribution in [0.5, 0.6) is 0 Å². The number of alkyl halides is 3. The van der Waals surface area contributed by atoms with Crippen LogP contribution in [0.2, 0.25) is 0 Å². The molecule has 42 heavy (non-hydrogen) atoms. The summed E-state index contributed by atoms with van der Waals surface area (Å²) in [6, 6.07) is 13.3. The molecule has 3 heterocycles. The third-order valence-corrected chi connectivity index (χ3v) is 9.60. The highest BCUT2D eigenvalue weighted by atomic mass is 19.4. The number of aromatic nitrogens is 2. The zero-order valence-electron chi connectivity index (χ0n) is 23.4. The summed E-state index contributed by atoms with van der Waals surface area (Å²) in [5.74, 6) is 0.435. The highest BCUT2D eigenvalue weighted by molar-refractivity contribution is 5.92. The monoisotopic (exact) mass is 575 g/mol. The standard InChI is InChI=1S/C33H32F3N3O3/c1-19-14-28(31(40)41)37-27-9-8-22(16-24(19)27)39-12-10-32(11-13-39)17-20(18-32)15-25-29(38-42-30(25)21-6-7-21)23-4-2-3-5-26(23)33(34,35)36/h2-5,8-9,14,16,20-21H,6-7,10-13,15,17-18H2,1H3,(H,40,41). The van der Waals surface area contributed by atoms with Crippen LogP contribution in [-0.2, 0) is 12.6 Å². The molecule has 4 aromatic rings. The summed E-state index contributed by atoms with van der Waals surface area (Å²) in [6.07, 6.45) is 2.51. The normalized spacial score (nSPS) is 18.9. The zero-order chi connectivity index (χ0) is 29.2. The van der Waals surface area contributed by atoms with Gasteiger partial charge in [-0.25, -0.2) is 9.78 Å². The van der Waals surface area contributed by atoms with Crippen molar-refractivity contribution in [1.29, 1.82) is 0 Å². The number of carboxylic acid groups (broad SMARTS) is 1. The average molecular weight is 576 g/mol. The van der Waals surface area contributed by atoms with Crippen LogP contribution in [0.15, 0.2) is 53.1 Å². The summed E-state index contributed by atoms with van der Waals surface area (Å²) < 4.78 is 47.2. The first-order chi connectivity index (χ1) is 20.1. The van der Waals surface area contributed by atoms with Crippen molar-refractivity contribution in [3.63, 3.8) is 0 Å². The summed E-state index contributed by atoms with van der Waals surface area (Å²) in [7, 11) is 0. The predicted molar refractivity (Wildman–Crippen MR) is 153 cm³/mol. The van der Waals surface area contributed by atoms with Gasteiger partial charge in [-0.2, -0.15) is 13.2 Å². The van der Waals surface area contributed by atoms with Crippen molar-refractivity contribution in [3.05, 3.63) is 76.7 Å². The summed E-state index contributed by atoms with van der Waals surface area (Å²) in [5.41, 5.74) is 3.70. The smallest absolute Gasteiger partial charge is 0.417 e. The van der Waals surface area contributed by atoms with E-state index in [0.29, 0.717) is 23.5 Å². The first-order valence-corrected chi connectivity index (χ1v) is 14.6. The number of carboxylic acids is 1. The molecule has 1 N–H and O–H groups in total. The molecule has 0 atom stereocenters. The molecule has 1 saturated heterocycles. The van der Waals surface area contributed by atoms with Gasteiger partial charge in [0.2, 0.25) is 0 Å². The lowest BCUT2D eigenvalue weighted by Crippen LogP contribution is -2.47. The highest BCUT2D eigenvalue weighted by Gasteiger charge is 2.47. The van der Waals surface area contributed by atoms with Crippen LogP contribution in [0, 0.1) is 18.3 Å². The number of hydrogen-bond donors (Lipinski definition) is 1. The van der Waals surface area contributed by atoms with Gasteiger partial charge >= 0.3 is 12.1 Å². The van der Waals surface area contributed by atoms with Gasteiger partial charge < -0.3 is 14.5 Å². The lowest BCUT2D eigenvalue weighted by atomic mass is 9.56. The number of carbonyl (C=O) groups is 1. The highest BCUT2D eigenvalue weighted by Crippen LogP contribution is 2.55. The van der Waals surface area contributed by atoms with Crippen LogP contribution in [0.1, 0.15) is 77.4 Å². The van der Waals surface area contributed by atoms with Crippen LogP contribution < -0.4 is 4.90 Å².